The lowest BCUT2D eigenvalue weighted by atomic mass is 9.95. The minimum absolute atomic E-state index is 0.644. The molecule has 0 saturated heterocycles. The topological polar surface area (TPSA) is 37.8 Å². The molecule has 0 amide bonds. The van der Waals surface area contributed by atoms with Crippen LogP contribution in [0.5, 0.6) is 0 Å². The largest absolute Gasteiger partial charge is 0.367 e. The van der Waals surface area contributed by atoms with Gasteiger partial charge in [0.15, 0.2) is 0 Å². The van der Waals surface area contributed by atoms with E-state index in [4.69, 9.17) is 0 Å². The van der Waals surface area contributed by atoms with Crippen molar-refractivity contribution in [1.29, 1.82) is 0 Å². The third-order valence-electron chi connectivity index (χ3n) is 3.71. The zero-order valence-electron chi connectivity index (χ0n) is 8.49. The van der Waals surface area contributed by atoms with E-state index in [-0.39, 0.29) is 0 Å². The van der Waals surface area contributed by atoms with E-state index in [1.54, 1.807) is 6.33 Å². The highest BCUT2D eigenvalue weighted by molar-refractivity contribution is 9.10. The lowest BCUT2D eigenvalue weighted by molar-refractivity contribution is 0.439. The minimum atomic E-state index is 0.644. The predicted octanol–water partition coefficient (Wildman–Crippen LogP) is 2.84. The number of nitrogens with zero attached hydrogens (tertiary/aromatic N) is 2. The van der Waals surface area contributed by atoms with Gasteiger partial charge in [0.05, 0.1) is 0 Å². The van der Waals surface area contributed by atoms with Crippen molar-refractivity contribution in [2.24, 2.45) is 11.8 Å². The van der Waals surface area contributed by atoms with Gasteiger partial charge < -0.3 is 5.32 Å². The molecule has 1 aromatic rings. The summed E-state index contributed by atoms with van der Waals surface area (Å²) in [6.07, 6.45) is 7.18. The Morgan fingerprint density at radius 2 is 2.20 bits per heavy atom. The van der Waals surface area contributed by atoms with E-state index < -0.39 is 0 Å². The second kappa shape index (κ2) is 3.74. The van der Waals surface area contributed by atoms with Gasteiger partial charge in [-0.2, -0.15) is 0 Å². The summed E-state index contributed by atoms with van der Waals surface area (Å²) in [4.78, 5) is 8.26. The molecule has 2 saturated carbocycles. The van der Waals surface area contributed by atoms with Crippen molar-refractivity contribution in [2.75, 3.05) is 5.32 Å². The van der Waals surface area contributed by atoms with Crippen LogP contribution in [0.25, 0.3) is 0 Å². The van der Waals surface area contributed by atoms with Gasteiger partial charge >= 0.3 is 0 Å². The maximum Gasteiger partial charge on any atom is 0.130 e. The SMILES string of the molecule is Brc1cc(NC2CC3CCC2C3)ncn1. The van der Waals surface area contributed by atoms with Crippen molar-refractivity contribution in [3.63, 3.8) is 0 Å². The Morgan fingerprint density at radius 3 is 2.87 bits per heavy atom. The van der Waals surface area contributed by atoms with Crippen LogP contribution in [0.1, 0.15) is 25.7 Å². The van der Waals surface area contributed by atoms with Crippen LogP contribution in [0.15, 0.2) is 17.0 Å². The maximum atomic E-state index is 4.23. The molecule has 1 N–H and O–H groups in total. The average molecular weight is 268 g/mol. The summed E-state index contributed by atoms with van der Waals surface area (Å²) in [6, 6.07) is 2.59. The third-order valence-corrected chi connectivity index (χ3v) is 4.14. The molecule has 0 spiro atoms. The van der Waals surface area contributed by atoms with E-state index in [2.05, 4.69) is 31.2 Å². The van der Waals surface area contributed by atoms with Crippen LogP contribution in [0.2, 0.25) is 0 Å². The van der Waals surface area contributed by atoms with E-state index in [1.165, 1.54) is 25.7 Å². The van der Waals surface area contributed by atoms with Gasteiger partial charge in [-0.3, -0.25) is 0 Å². The Bertz CT molecular complexity index is 369. The van der Waals surface area contributed by atoms with Gasteiger partial charge in [0.2, 0.25) is 0 Å². The first-order valence-electron chi connectivity index (χ1n) is 5.55. The second-order valence-corrected chi connectivity index (χ2v) is 5.46. The molecule has 3 nitrogen and oxygen atoms in total. The molecule has 15 heavy (non-hydrogen) atoms. The number of fused-ring (bicyclic) bond motifs is 2. The van der Waals surface area contributed by atoms with Gasteiger partial charge in [-0.1, -0.05) is 6.42 Å². The maximum absolute atomic E-state index is 4.23. The van der Waals surface area contributed by atoms with E-state index in [1.807, 2.05) is 6.07 Å². The lowest BCUT2D eigenvalue weighted by Crippen LogP contribution is -2.26. The summed E-state index contributed by atoms with van der Waals surface area (Å²) in [5.41, 5.74) is 0. The molecule has 0 aliphatic heterocycles. The zero-order chi connectivity index (χ0) is 10.3. The van der Waals surface area contributed by atoms with Crippen LogP contribution in [0.3, 0.4) is 0 Å². The van der Waals surface area contributed by atoms with Crippen molar-refractivity contribution < 1.29 is 0 Å². The molecule has 3 atom stereocenters. The van der Waals surface area contributed by atoms with Gasteiger partial charge in [0, 0.05) is 12.1 Å². The summed E-state index contributed by atoms with van der Waals surface area (Å²) >= 11 is 3.36. The van der Waals surface area contributed by atoms with Crippen LogP contribution < -0.4 is 5.32 Å². The normalized spacial score (nSPS) is 33.3. The Hall–Kier alpha value is -0.640. The van der Waals surface area contributed by atoms with Gasteiger partial charge in [-0.05, 0) is 47.0 Å². The quantitative estimate of drug-likeness (QED) is 0.838. The summed E-state index contributed by atoms with van der Waals surface area (Å²) in [5, 5.41) is 3.53. The fourth-order valence-electron chi connectivity index (χ4n) is 3.02. The standard InChI is InChI=1S/C11H14BrN3/c12-10-5-11(14-6-13-10)15-9-4-7-1-2-8(9)3-7/h5-9H,1-4H2,(H,13,14,15). The molecular weight excluding hydrogens is 254 g/mol. The Morgan fingerprint density at radius 1 is 1.27 bits per heavy atom. The highest BCUT2D eigenvalue weighted by atomic mass is 79.9. The smallest absolute Gasteiger partial charge is 0.130 e. The highest BCUT2D eigenvalue weighted by Gasteiger charge is 2.39. The lowest BCUT2D eigenvalue weighted by Gasteiger charge is -2.23. The molecule has 0 aromatic carbocycles. The summed E-state index contributed by atoms with van der Waals surface area (Å²) in [6.45, 7) is 0. The Balaban J connectivity index is 1.71. The molecule has 2 bridgehead atoms. The van der Waals surface area contributed by atoms with Crippen LogP contribution in [0, 0.1) is 11.8 Å². The van der Waals surface area contributed by atoms with Gasteiger partial charge in [-0.15, -0.1) is 0 Å². The molecule has 2 aliphatic rings. The number of nitrogens with one attached hydrogen (secondary N) is 1. The molecular formula is C11H14BrN3. The molecule has 2 fully saturated rings. The fraction of sp³-hybridized carbons (Fsp3) is 0.636. The van der Waals surface area contributed by atoms with E-state index in [9.17, 15) is 0 Å². The second-order valence-electron chi connectivity index (χ2n) is 4.65. The first kappa shape index (κ1) is 9.58. The van der Waals surface area contributed by atoms with Crippen LogP contribution in [-0.2, 0) is 0 Å². The first-order chi connectivity index (χ1) is 7.31. The third kappa shape index (κ3) is 1.87. The number of anilines is 1. The number of hydrogen-bond donors (Lipinski definition) is 1. The Labute approximate surface area is 97.8 Å². The highest BCUT2D eigenvalue weighted by Crippen LogP contribution is 2.45. The van der Waals surface area contributed by atoms with Gasteiger partial charge in [-0.25, -0.2) is 9.97 Å². The molecule has 2 aliphatic carbocycles. The van der Waals surface area contributed by atoms with Crippen molar-refractivity contribution in [1.82, 2.24) is 9.97 Å². The molecule has 3 rings (SSSR count). The van der Waals surface area contributed by atoms with Gasteiger partial charge in [0.25, 0.3) is 0 Å². The van der Waals surface area contributed by atoms with Crippen molar-refractivity contribution >= 4 is 21.7 Å². The van der Waals surface area contributed by atoms with E-state index in [0.29, 0.717) is 6.04 Å². The van der Waals surface area contributed by atoms with Crippen molar-refractivity contribution in [3.05, 3.63) is 17.0 Å². The van der Waals surface area contributed by atoms with Crippen LogP contribution in [-0.4, -0.2) is 16.0 Å². The van der Waals surface area contributed by atoms with E-state index in [0.717, 1.165) is 22.3 Å². The number of rotatable bonds is 2. The zero-order valence-corrected chi connectivity index (χ0v) is 10.1. The first-order valence-corrected chi connectivity index (χ1v) is 6.34. The predicted molar refractivity (Wildman–Crippen MR) is 62.6 cm³/mol. The van der Waals surface area contributed by atoms with Gasteiger partial charge in [0.1, 0.15) is 16.7 Å². The fourth-order valence-corrected chi connectivity index (χ4v) is 3.33. The molecule has 80 valence electrons. The monoisotopic (exact) mass is 267 g/mol. The van der Waals surface area contributed by atoms with Crippen molar-refractivity contribution in [2.45, 2.75) is 31.7 Å². The number of aromatic nitrogens is 2. The molecule has 1 heterocycles. The summed E-state index contributed by atoms with van der Waals surface area (Å²) in [5.74, 6) is 2.80. The Kier molecular flexibility index (Phi) is 2.39. The summed E-state index contributed by atoms with van der Waals surface area (Å²) in [7, 11) is 0. The molecule has 4 heteroatoms. The number of hydrogen-bond acceptors (Lipinski definition) is 3. The summed E-state index contributed by atoms with van der Waals surface area (Å²) < 4.78 is 0.850. The van der Waals surface area contributed by atoms with Crippen LogP contribution >= 0.6 is 15.9 Å². The average Bonchev–Trinajstić information content (AvgIpc) is 2.79. The molecule has 0 radical (unpaired) electrons. The molecule has 3 unspecified atom stereocenters. The number of halogens is 1. The van der Waals surface area contributed by atoms with Crippen LogP contribution in [0.4, 0.5) is 5.82 Å². The minimum Gasteiger partial charge on any atom is -0.367 e. The van der Waals surface area contributed by atoms with Crippen molar-refractivity contribution in [3.8, 4) is 0 Å². The van der Waals surface area contributed by atoms with E-state index >= 15 is 0 Å². The molecule has 1 aromatic heterocycles.